The molecule has 3 rings (SSSR count). The van der Waals surface area contributed by atoms with Crippen LogP contribution in [0.25, 0.3) is 0 Å². The number of carbonyl (C=O) groups is 2. The van der Waals surface area contributed by atoms with Crippen molar-refractivity contribution in [2.24, 2.45) is 0 Å². The highest BCUT2D eigenvalue weighted by molar-refractivity contribution is 8.00. The summed E-state index contributed by atoms with van der Waals surface area (Å²) in [5.74, 6) is 0.905. The molecule has 1 aliphatic carbocycles. The number of hydrogen-bond acceptors (Lipinski definition) is 6. The van der Waals surface area contributed by atoms with Crippen molar-refractivity contribution < 1.29 is 14.3 Å². The molecule has 1 saturated carbocycles. The Labute approximate surface area is 162 Å². The van der Waals surface area contributed by atoms with Gasteiger partial charge in [0.15, 0.2) is 10.9 Å². The fourth-order valence-electron chi connectivity index (χ4n) is 3.15. The van der Waals surface area contributed by atoms with Crippen molar-refractivity contribution in [3.8, 4) is 0 Å². The average molecular weight is 388 g/mol. The van der Waals surface area contributed by atoms with Gasteiger partial charge in [-0.1, -0.05) is 17.8 Å². The molecule has 0 amide bonds. The Morgan fingerprint density at radius 1 is 1.41 bits per heavy atom. The van der Waals surface area contributed by atoms with Gasteiger partial charge in [0.2, 0.25) is 0 Å². The summed E-state index contributed by atoms with van der Waals surface area (Å²) in [5, 5.41) is 8.94. The number of carbonyl (C=O) groups excluding carboxylic acids is 2. The normalized spacial score (nSPS) is 14.8. The van der Waals surface area contributed by atoms with Crippen LogP contribution in [0.1, 0.15) is 63.6 Å². The van der Waals surface area contributed by atoms with Crippen molar-refractivity contribution in [3.05, 3.63) is 41.0 Å². The number of methoxy groups -OCH3 is 1. The van der Waals surface area contributed by atoms with Crippen molar-refractivity contribution >= 4 is 23.5 Å². The molecule has 1 fully saturated rings. The van der Waals surface area contributed by atoms with Gasteiger partial charge in [0, 0.05) is 18.2 Å². The number of aryl methyl sites for hydroxylation is 1. The van der Waals surface area contributed by atoms with E-state index in [9.17, 15) is 9.59 Å². The molecule has 2 aromatic rings. The monoisotopic (exact) mass is 388 g/mol. The number of thioether (sulfide) groups is 1. The van der Waals surface area contributed by atoms with Crippen LogP contribution in [0.5, 0.6) is 0 Å². The third-order valence-corrected chi connectivity index (χ3v) is 5.80. The largest absolute Gasteiger partial charge is 0.465 e. The highest BCUT2D eigenvalue weighted by Crippen LogP contribution is 2.40. The maximum absolute atomic E-state index is 13.0. The number of aromatic nitrogens is 4. The summed E-state index contributed by atoms with van der Waals surface area (Å²) in [6.45, 7) is 9.78. The summed E-state index contributed by atoms with van der Waals surface area (Å²) in [6.07, 6.45) is 4.07. The topological polar surface area (TPSA) is 89.9 Å². The Morgan fingerprint density at radius 3 is 2.70 bits per heavy atom. The van der Waals surface area contributed by atoms with Crippen LogP contribution < -0.4 is 0 Å². The third-order valence-electron chi connectivity index (χ3n) is 4.72. The molecule has 1 aliphatic rings. The van der Waals surface area contributed by atoms with Crippen molar-refractivity contribution in [2.45, 2.75) is 56.5 Å². The standard InChI is InChI=1S/C19H24N4O3S/c1-6-9-23-17(13-7-8-13)21-22-19(23)27-12(4)16(24)15-10(2)14(11(3)20-15)18(25)26-5/h6,12-13,20H,1,7-9H2,2-5H3. The summed E-state index contributed by atoms with van der Waals surface area (Å²) in [5.41, 5.74) is 2.10. The van der Waals surface area contributed by atoms with Crippen molar-refractivity contribution in [1.82, 2.24) is 19.7 Å². The van der Waals surface area contributed by atoms with Gasteiger partial charge in [-0.2, -0.15) is 0 Å². The van der Waals surface area contributed by atoms with Gasteiger partial charge in [-0.3, -0.25) is 4.79 Å². The molecule has 0 spiro atoms. The Hall–Kier alpha value is -2.35. The second-order valence-electron chi connectivity index (χ2n) is 6.76. The van der Waals surface area contributed by atoms with E-state index in [4.69, 9.17) is 4.74 Å². The van der Waals surface area contributed by atoms with Gasteiger partial charge in [-0.05, 0) is 39.2 Å². The van der Waals surface area contributed by atoms with E-state index in [0.717, 1.165) is 18.7 Å². The minimum atomic E-state index is -0.444. The molecular weight excluding hydrogens is 364 g/mol. The molecule has 0 aliphatic heterocycles. The quantitative estimate of drug-likeness (QED) is 0.322. The van der Waals surface area contributed by atoms with Crippen LogP contribution >= 0.6 is 11.8 Å². The van der Waals surface area contributed by atoms with Gasteiger partial charge in [0.05, 0.1) is 23.6 Å². The van der Waals surface area contributed by atoms with Crippen LogP contribution in [-0.2, 0) is 11.3 Å². The maximum Gasteiger partial charge on any atom is 0.339 e. The molecule has 1 unspecified atom stereocenters. The van der Waals surface area contributed by atoms with E-state index in [1.807, 2.05) is 17.6 Å². The number of aromatic amines is 1. The average Bonchev–Trinajstić information content (AvgIpc) is 3.35. The maximum atomic E-state index is 13.0. The molecule has 1 N–H and O–H groups in total. The molecule has 144 valence electrons. The van der Waals surface area contributed by atoms with E-state index >= 15 is 0 Å². The van der Waals surface area contributed by atoms with E-state index in [1.54, 1.807) is 13.8 Å². The fraction of sp³-hybridized carbons (Fsp3) is 0.474. The molecule has 27 heavy (non-hydrogen) atoms. The minimum Gasteiger partial charge on any atom is -0.465 e. The zero-order chi connectivity index (χ0) is 19.7. The molecule has 0 saturated heterocycles. The molecular formula is C19H24N4O3S. The van der Waals surface area contributed by atoms with E-state index in [0.29, 0.717) is 40.1 Å². The van der Waals surface area contributed by atoms with Gasteiger partial charge in [0.1, 0.15) is 5.82 Å². The SMILES string of the molecule is C=CCn1c(SC(C)C(=O)c2[nH]c(C)c(C(=O)OC)c2C)nnc1C1CC1. The second-order valence-corrected chi connectivity index (χ2v) is 8.06. The molecule has 2 aromatic heterocycles. The summed E-state index contributed by atoms with van der Waals surface area (Å²) in [6, 6.07) is 0. The summed E-state index contributed by atoms with van der Waals surface area (Å²) in [7, 11) is 1.33. The molecule has 8 heteroatoms. The zero-order valence-corrected chi connectivity index (χ0v) is 16.9. The van der Waals surface area contributed by atoms with Gasteiger partial charge in [-0.15, -0.1) is 16.8 Å². The lowest BCUT2D eigenvalue weighted by Gasteiger charge is -2.11. The second kappa shape index (κ2) is 7.72. The van der Waals surface area contributed by atoms with Crippen molar-refractivity contribution in [2.75, 3.05) is 7.11 Å². The number of rotatable bonds is 8. The molecule has 0 aromatic carbocycles. The van der Waals surface area contributed by atoms with Crippen LogP contribution in [0.4, 0.5) is 0 Å². The lowest BCUT2D eigenvalue weighted by Crippen LogP contribution is -2.16. The highest BCUT2D eigenvalue weighted by atomic mass is 32.2. The molecule has 0 bridgehead atoms. The van der Waals surface area contributed by atoms with Crippen LogP contribution in [0.3, 0.4) is 0 Å². The Balaban J connectivity index is 1.83. The molecule has 2 heterocycles. The number of esters is 1. The van der Waals surface area contributed by atoms with E-state index in [1.165, 1.54) is 18.9 Å². The first kappa shape index (κ1) is 19.4. The van der Waals surface area contributed by atoms with Crippen LogP contribution in [-0.4, -0.2) is 43.9 Å². The number of nitrogens with one attached hydrogen (secondary N) is 1. The first-order chi connectivity index (χ1) is 12.9. The zero-order valence-electron chi connectivity index (χ0n) is 16.0. The Morgan fingerprint density at radius 2 is 2.11 bits per heavy atom. The van der Waals surface area contributed by atoms with Crippen molar-refractivity contribution in [1.29, 1.82) is 0 Å². The van der Waals surface area contributed by atoms with Crippen LogP contribution in [0.15, 0.2) is 17.8 Å². The Kier molecular flexibility index (Phi) is 5.55. The Bertz CT molecular complexity index is 895. The van der Waals surface area contributed by atoms with E-state index in [-0.39, 0.29) is 11.0 Å². The number of ketones is 1. The third kappa shape index (κ3) is 3.71. The van der Waals surface area contributed by atoms with Crippen LogP contribution in [0.2, 0.25) is 0 Å². The number of Topliss-reactive ketones (excluding diaryl/α,β-unsaturated/α-hetero) is 1. The number of allylic oxidation sites excluding steroid dienone is 1. The lowest BCUT2D eigenvalue weighted by atomic mass is 10.1. The predicted octanol–water partition coefficient (Wildman–Crippen LogP) is 3.44. The highest BCUT2D eigenvalue weighted by Gasteiger charge is 2.32. The lowest BCUT2D eigenvalue weighted by molar-refractivity contribution is 0.0599. The number of ether oxygens (including phenoxy) is 1. The van der Waals surface area contributed by atoms with Gasteiger partial charge in [0.25, 0.3) is 0 Å². The predicted molar refractivity (Wildman–Crippen MR) is 103 cm³/mol. The summed E-state index contributed by atoms with van der Waals surface area (Å²) >= 11 is 1.37. The number of nitrogens with zero attached hydrogens (tertiary/aromatic N) is 3. The van der Waals surface area contributed by atoms with Gasteiger partial charge in [-0.25, -0.2) is 4.79 Å². The van der Waals surface area contributed by atoms with Crippen LogP contribution in [0, 0.1) is 13.8 Å². The summed E-state index contributed by atoms with van der Waals surface area (Å²) in [4.78, 5) is 28.0. The summed E-state index contributed by atoms with van der Waals surface area (Å²) < 4.78 is 6.85. The number of hydrogen-bond donors (Lipinski definition) is 1. The fourth-order valence-corrected chi connectivity index (χ4v) is 4.08. The van der Waals surface area contributed by atoms with Gasteiger partial charge < -0.3 is 14.3 Å². The first-order valence-electron chi connectivity index (χ1n) is 8.91. The van der Waals surface area contributed by atoms with E-state index in [2.05, 4.69) is 21.8 Å². The molecule has 0 radical (unpaired) electrons. The van der Waals surface area contributed by atoms with Crippen molar-refractivity contribution in [3.63, 3.8) is 0 Å². The number of H-pyrrole nitrogens is 1. The van der Waals surface area contributed by atoms with Gasteiger partial charge >= 0.3 is 5.97 Å². The minimum absolute atomic E-state index is 0.0862. The first-order valence-corrected chi connectivity index (χ1v) is 9.79. The molecule has 7 nitrogen and oxygen atoms in total. The van der Waals surface area contributed by atoms with E-state index < -0.39 is 5.97 Å². The smallest absolute Gasteiger partial charge is 0.339 e. The molecule has 1 atom stereocenters.